The fraction of sp³-hybridized carbons (Fsp3) is 0.417. The predicted octanol–water partition coefficient (Wildman–Crippen LogP) is 0.227. The van der Waals surface area contributed by atoms with Gasteiger partial charge in [-0.1, -0.05) is 12.1 Å². The lowest BCUT2D eigenvalue weighted by Crippen LogP contribution is -2.56. The molecule has 0 atom stereocenters. The van der Waals surface area contributed by atoms with E-state index in [0.29, 0.717) is 25.2 Å². The lowest BCUT2D eigenvalue weighted by molar-refractivity contribution is -0.0146. The summed E-state index contributed by atoms with van der Waals surface area (Å²) < 4.78 is 0. The van der Waals surface area contributed by atoms with Crippen molar-refractivity contribution in [2.24, 2.45) is 0 Å². The molecule has 1 heterocycles. The van der Waals surface area contributed by atoms with Crippen LogP contribution in [0.1, 0.15) is 22.8 Å². The van der Waals surface area contributed by atoms with E-state index < -0.39 is 5.60 Å². The Bertz CT molecular complexity index is 400. The first-order valence-electron chi connectivity index (χ1n) is 5.47. The number of hydrogen-bond donors (Lipinski definition) is 3. The van der Waals surface area contributed by atoms with E-state index in [1.807, 2.05) is 13.0 Å². The lowest BCUT2D eigenvalue weighted by atomic mass is 9.87. The molecule has 0 aromatic heterocycles. The molecule has 0 bridgehead atoms. The number of nitrogens with one attached hydrogen (secondary N) is 2. The molecule has 0 radical (unpaired) electrons. The molecular formula is C12H16N2O2. The number of benzene rings is 1. The molecule has 1 aliphatic rings. The van der Waals surface area contributed by atoms with Crippen molar-refractivity contribution < 1.29 is 9.90 Å². The average molecular weight is 220 g/mol. The van der Waals surface area contributed by atoms with Crippen molar-refractivity contribution in [1.29, 1.82) is 0 Å². The second-order valence-corrected chi connectivity index (χ2v) is 4.08. The zero-order valence-corrected chi connectivity index (χ0v) is 9.29. The highest BCUT2D eigenvalue weighted by molar-refractivity contribution is 5.94. The number of β-amino-alcohol motifs (C(OH)–C–C–N with tert-alkyl or cyclic N) is 1. The topological polar surface area (TPSA) is 61.4 Å². The first kappa shape index (κ1) is 11.1. The quantitative estimate of drug-likeness (QED) is 0.683. The minimum Gasteiger partial charge on any atom is -0.382 e. The van der Waals surface area contributed by atoms with Crippen LogP contribution in [0.5, 0.6) is 0 Å². The summed E-state index contributed by atoms with van der Waals surface area (Å²) in [5, 5.41) is 15.9. The van der Waals surface area contributed by atoms with Gasteiger partial charge in [-0.15, -0.1) is 0 Å². The van der Waals surface area contributed by atoms with Crippen LogP contribution in [0.4, 0.5) is 0 Å². The summed E-state index contributed by atoms with van der Waals surface area (Å²) in [6.07, 6.45) is 0. The Morgan fingerprint density at radius 2 is 2.31 bits per heavy atom. The Morgan fingerprint density at radius 1 is 1.56 bits per heavy atom. The summed E-state index contributed by atoms with van der Waals surface area (Å²) in [6.45, 7) is 3.58. The molecule has 0 aliphatic carbocycles. The predicted molar refractivity (Wildman–Crippen MR) is 61.2 cm³/mol. The largest absolute Gasteiger partial charge is 0.382 e. The van der Waals surface area contributed by atoms with Crippen LogP contribution in [0.3, 0.4) is 0 Å². The highest BCUT2D eigenvalue weighted by Gasteiger charge is 2.36. The second-order valence-electron chi connectivity index (χ2n) is 4.08. The van der Waals surface area contributed by atoms with Crippen LogP contribution in [0.2, 0.25) is 0 Å². The van der Waals surface area contributed by atoms with Gasteiger partial charge in [0, 0.05) is 25.2 Å². The standard InChI is InChI=1S/C12H16N2O2/c1-2-14-11(15)9-4-3-5-10(6-9)12(16)7-13-8-12/h3-6,13,16H,2,7-8H2,1H3,(H,14,15). The number of aliphatic hydroxyl groups is 1. The van der Waals surface area contributed by atoms with E-state index in [2.05, 4.69) is 10.6 Å². The molecule has 1 aliphatic heterocycles. The van der Waals surface area contributed by atoms with Crippen LogP contribution in [0, 0.1) is 0 Å². The van der Waals surface area contributed by atoms with Crippen LogP contribution >= 0.6 is 0 Å². The molecule has 1 saturated heterocycles. The van der Waals surface area contributed by atoms with Gasteiger partial charge >= 0.3 is 0 Å². The Morgan fingerprint density at radius 3 is 2.88 bits per heavy atom. The first-order chi connectivity index (χ1) is 7.65. The summed E-state index contributed by atoms with van der Waals surface area (Å²) in [4.78, 5) is 11.6. The molecule has 2 rings (SSSR count). The molecule has 1 aromatic rings. The molecule has 1 amide bonds. The number of carbonyl (C=O) groups is 1. The minimum atomic E-state index is -0.803. The Balaban J connectivity index is 2.22. The van der Waals surface area contributed by atoms with E-state index >= 15 is 0 Å². The maximum atomic E-state index is 11.6. The van der Waals surface area contributed by atoms with E-state index in [9.17, 15) is 9.90 Å². The molecule has 0 saturated carbocycles. The van der Waals surface area contributed by atoms with Gasteiger partial charge in [-0.3, -0.25) is 4.79 Å². The number of amides is 1. The fourth-order valence-corrected chi connectivity index (χ4v) is 1.78. The molecule has 4 nitrogen and oxygen atoms in total. The zero-order valence-electron chi connectivity index (χ0n) is 9.29. The Kier molecular flexibility index (Phi) is 2.94. The third kappa shape index (κ3) is 1.94. The molecule has 4 heteroatoms. The van der Waals surface area contributed by atoms with Crippen molar-refractivity contribution in [2.45, 2.75) is 12.5 Å². The van der Waals surface area contributed by atoms with Gasteiger partial charge in [-0.05, 0) is 24.6 Å². The third-order valence-electron chi connectivity index (χ3n) is 2.83. The SMILES string of the molecule is CCNC(=O)c1cccc(C2(O)CNC2)c1. The van der Waals surface area contributed by atoms with Gasteiger partial charge in [0.1, 0.15) is 5.60 Å². The van der Waals surface area contributed by atoms with E-state index in [4.69, 9.17) is 0 Å². The molecule has 0 spiro atoms. The molecule has 0 unspecified atom stereocenters. The second kappa shape index (κ2) is 4.23. The van der Waals surface area contributed by atoms with E-state index in [1.165, 1.54) is 0 Å². The van der Waals surface area contributed by atoms with Gasteiger partial charge in [0.25, 0.3) is 5.91 Å². The van der Waals surface area contributed by atoms with Gasteiger partial charge < -0.3 is 15.7 Å². The van der Waals surface area contributed by atoms with Crippen LogP contribution in [0.15, 0.2) is 24.3 Å². The number of carbonyl (C=O) groups excluding carboxylic acids is 1. The summed E-state index contributed by atoms with van der Waals surface area (Å²) in [6, 6.07) is 7.16. The minimum absolute atomic E-state index is 0.0970. The Hall–Kier alpha value is -1.39. The first-order valence-corrected chi connectivity index (χ1v) is 5.47. The normalized spacial score (nSPS) is 17.6. The Labute approximate surface area is 94.7 Å². The van der Waals surface area contributed by atoms with E-state index in [0.717, 1.165) is 5.56 Å². The highest BCUT2D eigenvalue weighted by Crippen LogP contribution is 2.25. The van der Waals surface area contributed by atoms with Gasteiger partial charge in [0.2, 0.25) is 0 Å². The fourth-order valence-electron chi connectivity index (χ4n) is 1.78. The van der Waals surface area contributed by atoms with Crippen molar-refractivity contribution in [3.8, 4) is 0 Å². The van der Waals surface area contributed by atoms with Crippen LogP contribution in [-0.2, 0) is 5.60 Å². The van der Waals surface area contributed by atoms with Crippen molar-refractivity contribution >= 4 is 5.91 Å². The number of hydrogen-bond acceptors (Lipinski definition) is 3. The molecule has 3 N–H and O–H groups in total. The van der Waals surface area contributed by atoms with Gasteiger partial charge in [-0.2, -0.15) is 0 Å². The smallest absolute Gasteiger partial charge is 0.251 e. The lowest BCUT2D eigenvalue weighted by Gasteiger charge is -2.38. The number of rotatable bonds is 3. The van der Waals surface area contributed by atoms with Crippen LogP contribution < -0.4 is 10.6 Å². The molecule has 1 fully saturated rings. The maximum Gasteiger partial charge on any atom is 0.251 e. The van der Waals surface area contributed by atoms with Crippen LogP contribution in [0.25, 0.3) is 0 Å². The summed E-state index contributed by atoms with van der Waals surface area (Å²) in [7, 11) is 0. The summed E-state index contributed by atoms with van der Waals surface area (Å²) in [5.74, 6) is -0.0970. The molecule has 16 heavy (non-hydrogen) atoms. The molecule has 86 valence electrons. The third-order valence-corrected chi connectivity index (χ3v) is 2.83. The van der Waals surface area contributed by atoms with E-state index in [1.54, 1.807) is 18.2 Å². The van der Waals surface area contributed by atoms with Crippen LogP contribution in [-0.4, -0.2) is 30.6 Å². The van der Waals surface area contributed by atoms with Crippen molar-refractivity contribution in [1.82, 2.24) is 10.6 Å². The van der Waals surface area contributed by atoms with Crippen molar-refractivity contribution in [3.63, 3.8) is 0 Å². The maximum absolute atomic E-state index is 11.6. The van der Waals surface area contributed by atoms with Gasteiger partial charge in [0.15, 0.2) is 0 Å². The zero-order chi connectivity index (χ0) is 11.6. The molecule has 1 aromatic carbocycles. The van der Waals surface area contributed by atoms with Crippen molar-refractivity contribution in [3.05, 3.63) is 35.4 Å². The van der Waals surface area contributed by atoms with Crippen molar-refractivity contribution in [2.75, 3.05) is 19.6 Å². The monoisotopic (exact) mass is 220 g/mol. The average Bonchev–Trinajstić information content (AvgIpc) is 2.26. The van der Waals surface area contributed by atoms with Gasteiger partial charge in [0.05, 0.1) is 0 Å². The van der Waals surface area contributed by atoms with E-state index in [-0.39, 0.29) is 5.91 Å². The summed E-state index contributed by atoms with van der Waals surface area (Å²) in [5.41, 5.74) is 0.595. The van der Waals surface area contributed by atoms with Gasteiger partial charge in [-0.25, -0.2) is 0 Å². The molecular weight excluding hydrogens is 204 g/mol. The summed E-state index contributed by atoms with van der Waals surface area (Å²) >= 11 is 0. The highest BCUT2D eigenvalue weighted by atomic mass is 16.3.